The Kier molecular flexibility index (Phi) is 4.40. The Bertz CT molecular complexity index is 287. The zero-order chi connectivity index (χ0) is 10.4. The normalized spacial score (nSPS) is 10.2. The maximum atomic E-state index is 5.09. The number of rotatable bonds is 5. The maximum absolute atomic E-state index is 5.09. The first kappa shape index (κ1) is 11.0. The quantitative estimate of drug-likeness (QED) is 0.727. The first-order valence-electron chi connectivity index (χ1n) is 4.98. The summed E-state index contributed by atoms with van der Waals surface area (Å²) in [6.45, 7) is 6.09. The first-order valence-corrected chi connectivity index (χ1v) is 4.98. The molecule has 3 nitrogen and oxygen atoms in total. The van der Waals surface area contributed by atoms with Crippen LogP contribution in [0.1, 0.15) is 24.5 Å². The number of hydrogen-bond donors (Lipinski definition) is 1. The van der Waals surface area contributed by atoms with Gasteiger partial charge < -0.3 is 10.1 Å². The molecule has 1 aromatic heterocycles. The summed E-state index contributed by atoms with van der Waals surface area (Å²) in [4.78, 5) is 4.21. The molecule has 0 aliphatic heterocycles. The summed E-state index contributed by atoms with van der Waals surface area (Å²) in [5.74, 6) is 0.712. The van der Waals surface area contributed by atoms with E-state index < -0.39 is 0 Å². The smallest absolute Gasteiger partial charge is 0.215 e. The SMILES string of the molecule is CCCNCc1cnc(OC)c(C)c1. The molecule has 0 amide bonds. The van der Waals surface area contributed by atoms with Crippen LogP contribution in [0.2, 0.25) is 0 Å². The highest BCUT2D eigenvalue weighted by Crippen LogP contribution is 2.14. The zero-order valence-electron chi connectivity index (χ0n) is 9.13. The van der Waals surface area contributed by atoms with Crippen LogP contribution >= 0.6 is 0 Å². The van der Waals surface area contributed by atoms with Crippen molar-refractivity contribution in [1.29, 1.82) is 0 Å². The van der Waals surface area contributed by atoms with Crippen LogP contribution in [-0.4, -0.2) is 18.6 Å². The van der Waals surface area contributed by atoms with E-state index in [-0.39, 0.29) is 0 Å². The molecular weight excluding hydrogens is 176 g/mol. The Labute approximate surface area is 85.5 Å². The average Bonchev–Trinajstić information content (AvgIpc) is 2.18. The van der Waals surface area contributed by atoms with E-state index in [0.29, 0.717) is 5.88 Å². The van der Waals surface area contributed by atoms with E-state index in [0.717, 1.165) is 25.1 Å². The van der Waals surface area contributed by atoms with Crippen LogP contribution in [0.25, 0.3) is 0 Å². The number of nitrogens with zero attached hydrogens (tertiary/aromatic N) is 1. The van der Waals surface area contributed by atoms with E-state index in [9.17, 15) is 0 Å². The second kappa shape index (κ2) is 5.60. The van der Waals surface area contributed by atoms with E-state index in [1.54, 1.807) is 7.11 Å². The predicted octanol–water partition coefficient (Wildman–Crippen LogP) is 1.90. The molecule has 0 aliphatic carbocycles. The number of nitrogens with one attached hydrogen (secondary N) is 1. The lowest BCUT2D eigenvalue weighted by molar-refractivity contribution is 0.394. The molecular formula is C11H18N2O. The number of pyridine rings is 1. The van der Waals surface area contributed by atoms with Crippen molar-refractivity contribution >= 4 is 0 Å². The molecule has 3 heteroatoms. The molecule has 0 radical (unpaired) electrons. The van der Waals surface area contributed by atoms with Gasteiger partial charge in [0.25, 0.3) is 0 Å². The van der Waals surface area contributed by atoms with Crippen LogP contribution in [0, 0.1) is 6.92 Å². The van der Waals surface area contributed by atoms with Crippen molar-refractivity contribution in [3.8, 4) is 5.88 Å². The van der Waals surface area contributed by atoms with Gasteiger partial charge >= 0.3 is 0 Å². The standard InChI is InChI=1S/C11H18N2O/c1-4-5-12-7-10-6-9(2)11(14-3)13-8-10/h6,8,12H,4-5,7H2,1-3H3. The molecule has 0 saturated heterocycles. The molecule has 0 spiro atoms. The van der Waals surface area contributed by atoms with Crippen LogP contribution in [0.5, 0.6) is 5.88 Å². The molecule has 0 atom stereocenters. The lowest BCUT2D eigenvalue weighted by Crippen LogP contribution is -2.14. The highest BCUT2D eigenvalue weighted by molar-refractivity contribution is 5.28. The van der Waals surface area contributed by atoms with E-state index in [1.807, 2.05) is 13.1 Å². The number of methoxy groups -OCH3 is 1. The largest absolute Gasteiger partial charge is 0.481 e. The predicted molar refractivity (Wildman–Crippen MR) is 57.5 cm³/mol. The Hall–Kier alpha value is -1.09. The van der Waals surface area contributed by atoms with Crippen molar-refractivity contribution < 1.29 is 4.74 Å². The minimum atomic E-state index is 0.712. The van der Waals surface area contributed by atoms with Crippen molar-refractivity contribution in [3.05, 3.63) is 23.4 Å². The van der Waals surface area contributed by atoms with Gasteiger partial charge in [-0.05, 0) is 31.5 Å². The molecule has 0 aliphatic rings. The van der Waals surface area contributed by atoms with Crippen LogP contribution in [-0.2, 0) is 6.54 Å². The van der Waals surface area contributed by atoms with Crippen LogP contribution < -0.4 is 10.1 Å². The second-order valence-corrected chi connectivity index (χ2v) is 3.35. The highest BCUT2D eigenvalue weighted by atomic mass is 16.5. The summed E-state index contributed by atoms with van der Waals surface area (Å²) in [7, 11) is 1.64. The van der Waals surface area contributed by atoms with Gasteiger partial charge in [-0.15, -0.1) is 0 Å². The van der Waals surface area contributed by atoms with E-state index in [1.165, 1.54) is 5.56 Å². The molecule has 0 bridgehead atoms. The van der Waals surface area contributed by atoms with Gasteiger partial charge in [-0.3, -0.25) is 0 Å². The molecule has 0 fully saturated rings. The van der Waals surface area contributed by atoms with Gasteiger partial charge in [-0.25, -0.2) is 4.98 Å². The molecule has 1 aromatic rings. The third kappa shape index (κ3) is 3.00. The third-order valence-electron chi connectivity index (χ3n) is 2.04. The van der Waals surface area contributed by atoms with Gasteiger partial charge in [0.05, 0.1) is 7.11 Å². The monoisotopic (exact) mass is 194 g/mol. The molecule has 1 N–H and O–H groups in total. The molecule has 1 rings (SSSR count). The van der Waals surface area contributed by atoms with Crippen molar-refractivity contribution in [3.63, 3.8) is 0 Å². The lowest BCUT2D eigenvalue weighted by atomic mass is 10.2. The highest BCUT2D eigenvalue weighted by Gasteiger charge is 2.00. The Morgan fingerprint density at radius 3 is 2.86 bits per heavy atom. The minimum absolute atomic E-state index is 0.712. The fraction of sp³-hybridized carbons (Fsp3) is 0.545. The van der Waals surface area contributed by atoms with Crippen molar-refractivity contribution in [2.75, 3.05) is 13.7 Å². The number of ether oxygens (including phenoxy) is 1. The minimum Gasteiger partial charge on any atom is -0.481 e. The molecule has 0 unspecified atom stereocenters. The van der Waals surface area contributed by atoms with Crippen molar-refractivity contribution in [2.45, 2.75) is 26.8 Å². The van der Waals surface area contributed by atoms with Crippen LogP contribution in [0.3, 0.4) is 0 Å². The first-order chi connectivity index (χ1) is 6.77. The van der Waals surface area contributed by atoms with Gasteiger partial charge in [-0.1, -0.05) is 6.92 Å². The second-order valence-electron chi connectivity index (χ2n) is 3.35. The number of aromatic nitrogens is 1. The van der Waals surface area contributed by atoms with Gasteiger partial charge in [0.2, 0.25) is 5.88 Å². The van der Waals surface area contributed by atoms with Crippen LogP contribution in [0.4, 0.5) is 0 Å². The van der Waals surface area contributed by atoms with E-state index in [2.05, 4.69) is 23.3 Å². The van der Waals surface area contributed by atoms with E-state index >= 15 is 0 Å². The summed E-state index contributed by atoms with van der Waals surface area (Å²) in [5, 5.41) is 3.34. The Morgan fingerprint density at radius 1 is 1.50 bits per heavy atom. The lowest BCUT2D eigenvalue weighted by Gasteiger charge is -2.06. The molecule has 14 heavy (non-hydrogen) atoms. The Morgan fingerprint density at radius 2 is 2.29 bits per heavy atom. The summed E-state index contributed by atoms with van der Waals surface area (Å²) in [6.07, 6.45) is 3.01. The van der Waals surface area contributed by atoms with Gasteiger partial charge in [0, 0.05) is 18.3 Å². The number of hydrogen-bond acceptors (Lipinski definition) is 3. The molecule has 0 saturated carbocycles. The zero-order valence-corrected chi connectivity index (χ0v) is 9.13. The van der Waals surface area contributed by atoms with Crippen molar-refractivity contribution in [2.24, 2.45) is 0 Å². The van der Waals surface area contributed by atoms with Crippen molar-refractivity contribution in [1.82, 2.24) is 10.3 Å². The number of aryl methyl sites for hydroxylation is 1. The molecule has 1 heterocycles. The Balaban J connectivity index is 2.57. The van der Waals surface area contributed by atoms with Gasteiger partial charge in [-0.2, -0.15) is 0 Å². The summed E-state index contributed by atoms with van der Waals surface area (Å²) >= 11 is 0. The summed E-state index contributed by atoms with van der Waals surface area (Å²) in [6, 6.07) is 2.11. The van der Waals surface area contributed by atoms with E-state index in [4.69, 9.17) is 4.74 Å². The summed E-state index contributed by atoms with van der Waals surface area (Å²) < 4.78 is 5.09. The van der Waals surface area contributed by atoms with Gasteiger partial charge in [0.1, 0.15) is 0 Å². The van der Waals surface area contributed by atoms with Gasteiger partial charge in [0.15, 0.2) is 0 Å². The maximum Gasteiger partial charge on any atom is 0.215 e. The molecule has 0 aromatic carbocycles. The topological polar surface area (TPSA) is 34.2 Å². The third-order valence-corrected chi connectivity index (χ3v) is 2.04. The summed E-state index contributed by atoms with van der Waals surface area (Å²) in [5.41, 5.74) is 2.29. The fourth-order valence-corrected chi connectivity index (χ4v) is 1.34. The average molecular weight is 194 g/mol. The molecule has 78 valence electrons. The van der Waals surface area contributed by atoms with Crippen LogP contribution in [0.15, 0.2) is 12.3 Å². The fourth-order valence-electron chi connectivity index (χ4n) is 1.34.